The number of amides is 3. The number of benzene rings is 1. The van der Waals surface area contributed by atoms with Crippen molar-refractivity contribution in [2.75, 3.05) is 25.0 Å². The van der Waals surface area contributed by atoms with Gasteiger partial charge >= 0.3 is 0 Å². The first kappa shape index (κ1) is 18.1. The summed E-state index contributed by atoms with van der Waals surface area (Å²) in [4.78, 5) is 40.3. The van der Waals surface area contributed by atoms with Gasteiger partial charge in [-0.05, 0) is 24.3 Å². The minimum Gasteiger partial charge on any atom is -0.383 e. The summed E-state index contributed by atoms with van der Waals surface area (Å²) < 4.78 is 0. The molecule has 2 heterocycles. The number of carbonyl (C=O) groups excluding carboxylic acids is 3. The van der Waals surface area contributed by atoms with Crippen LogP contribution in [0.5, 0.6) is 0 Å². The van der Waals surface area contributed by atoms with Crippen LogP contribution >= 0.6 is 11.6 Å². The average Bonchev–Trinajstić information content (AvgIpc) is 2.94. The second kappa shape index (κ2) is 8.14. The second-order valence-electron chi connectivity index (χ2n) is 5.99. The van der Waals surface area contributed by atoms with Crippen LogP contribution in [0.3, 0.4) is 0 Å². The number of likely N-dealkylation sites (tertiary alicyclic amines) is 1. The molecule has 7 nitrogen and oxygen atoms in total. The van der Waals surface area contributed by atoms with Gasteiger partial charge in [0.2, 0.25) is 17.7 Å². The number of hydrogen-bond acceptors (Lipinski definition) is 5. The van der Waals surface area contributed by atoms with Crippen molar-refractivity contribution in [1.29, 1.82) is 0 Å². The Hall–Kier alpha value is -2.67. The molecule has 0 atom stereocenters. The summed E-state index contributed by atoms with van der Waals surface area (Å²) in [5.41, 5.74) is 1.71. The Kier molecular flexibility index (Phi) is 5.68. The van der Waals surface area contributed by atoms with Gasteiger partial charge in [-0.25, -0.2) is 0 Å². The van der Waals surface area contributed by atoms with Crippen LogP contribution in [0, 0.1) is 0 Å². The van der Waals surface area contributed by atoms with E-state index in [0.717, 1.165) is 21.5 Å². The van der Waals surface area contributed by atoms with E-state index in [2.05, 4.69) is 15.6 Å². The van der Waals surface area contributed by atoms with Gasteiger partial charge in [0.15, 0.2) is 0 Å². The van der Waals surface area contributed by atoms with Crippen molar-refractivity contribution in [3.63, 3.8) is 0 Å². The fourth-order valence-electron chi connectivity index (χ4n) is 2.85. The first-order chi connectivity index (χ1) is 12.5. The molecule has 8 heteroatoms. The maximum Gasteiger partial charge on any atom is 0.229 e. The molecule has 1 aromatic heterocycles. The smallest absolute Gasteiger partial charge is 0.229 e. The number of imide groups is 1. The maximum atomic E-state index is 11.9. The molecule has 0 saturated carbocycles. The molecule has 3 amide bonds. The molecule has 26 heavy (non-hydrogen) atoms. The van der Waals surface area contributed by atoms with Crippen LogP contribution in [0.15, 0.2) is 30.5 Å². The van der Waals surface area contributed by atoms with Gasteiger partial charge in [0.05, 0.1) is 5.52 Å². The molecule has 0 spiro atoms. The van der Waals surface area contributed by atoms with Crippen LogP contribution < -0.4 is 10.6 Å². The Morgan fingerprint density at radius 3 is 2.69 bits per heavy atom. The third kappa shape index (κ3) is 4.29. The standard InChI is InChI=1S/C18H19ClN4O3/c19-12-1-2-13-14(5-7-20-15(13)11-12)21-8-9-22-16(24)6-10-23-17(25)3-4-18(23)26/h1-2,5,7,11H,3-4,6,8-10H2,(H,20,21)(H,22,24). The van der Waals surface area contributed by atoms with Crippen molar-refractivity contribution in [3.05, 3.63) is 35.5 Å². The predicted octanol–water partition coefficient (Wildman–Crippen LogP) is 1.96. The number of nitrogens with one attached hydrogen (secondary N) is 2. The molecule has 0 unspecified atom stereocenters. The van der Waals surface area contributed by atoms with Crippen molar-refractivity contribution >= 4 is 45.9 Å². The molecule has 1 aromatic carbocycles. The average molecular weight is 375 g/mol. The molecule has 0 aliphatic carbocycles. The van der Waals surface area contributed by atoms with Crippen LogP contribution in [0.2, 0.25) is 5.02 Å². The van der Waals surface area contributed by atoms with Gasteiger partial charge in [-0.1, -0.05) is 11.6 Å². The third-order valence-electron chi connectivity index (χ3n) is 4.18. The van der Waals surface area contributed by atoms with E-state index in [0.29, 0.717) is 18.1 Å². The third-order valence-corrected chi connectivity index (χ3v) is 4.42. The van der Waals surface area contributed by atoms with E-state index >= 15 is 0 Å². The summed E-state index contributed by atoms with van der Waals surface area (Å²) >= 11 is 5.97. The quantitative estimate of drug-likeness (QED) is 0.571. The SMILES string of the molecule is O=C(CCN1C(=O)CCC1=O)NCCNc1ccnc2cc(Cl)ccc12. The number of hydrogen-bond donors (Lipinski definition) is 2. The number of anilines is 1. The summed E-state index contributed by atoms with van der Waals surface area (Å²) in [5, 5.41) is 7.62. The van der Waals surface area contributed by atoms with Gasteiger partial charge in [-0.15, -0.1) is 0 Å². The van der Waals surface area contributed by atoms with Crippen molar-refractivity contribution < 1.29 is 14.4 Å². The minimum absolute atomic E-state index is 0.119. The first-order valence-electron chi connectivity index (χ1n) is 8.42. The molecular formula is C18H19ClN4O3. The lowest BCUT2D eigenvalue weighted by molar-refractivity contribution is -0.138. The topological polar surface area (TPSA) is 91.4 Å². The van der Waals surface area contributed by atoms with Crippen molar-refractivity contribution in [2.45, 2.75) is 19.3 Å². The maximum absolute atomic E-state index is 11.9. The number of halogens is 1. The summed E-state index contributed by atoms with van der Waals surface area (Å²) in [5.74, 6) is -0.589. The highest BCUT2D eigenvalue weighted by atomic mass is 35.5. The van der Waals surface area contributed by atoms with E-state index in [4.69, 9.17) is 11.6 Å². The Labute approximate surface area is 155 Å². The Morgan fingerprint density at radius 2 is 1.92 bits per heavy atom. The predicted molar refractivity (Wildman–Crippen MR) is 98.8 cm³/mol. The number of pyridine rings is 1. The monoisotopic (exact) mass is 374 g/mol. The zero-order valence-corrected chi connectivity index (χ0v) is 14.9. The van der Waals surface area contributed by atoms with E-state index in [1.54, 1.807) is 18.3 Å². The summed E-state index contributed by atoms with van der Waals surface area (Å²) in [7, 11) is 0. The van der Waals surface area contributed by atoms with Crippen LogP contribution in [0.1, 0.15) is 19.3 Å². The van der Waals surface area contributed by atoms with Crippen LogP contribution in [0.4, 0.5) is 5.69 Å². The molecular weight excluding hydrogens is 356 g/mol. The Balaban J connectivity index is 1.43. The van der Waals surface area contributed by atoms with Crippen molar-refractivity contribution in [1.82, 2.24) is 15.2 Å². The van der Waals surface area contributed by atoms with Crippen molar-refractivity contribution in [3.8, 4) is 0 Å². The highest BCUT2D eigenvalue weighted by molar-refractivity contribution is 6.31. The lowest BCUT2D eigenvalue weighted by atomic mass is 10.2. The van der Waals surface area contributed by atoms with Gasteiger partial charge in [0.1, 0.15) is 0 Å². The normalized spacial score (nSPS) is 14.1. The molecule has 0 radical (unpaired) electrons. The zero-order chi connectivity index (χ0) is 18.5. The van der Waals surface area contributed by atoms with Crippen LogP contribution in [-0.4, -0.2) is 47.2 Å². The summed E-state index contributed by atoms with van der Waals surface area (Å²) in [6.07, 6.45) is 2.31. The van der Waals surface area contributed by atoms with E-state index in [1.165, 1.54) is 0 Å². The van der Waals surface area contributed by atoms with Crippen LogP contribution in [-0.2, 0) is 14.4 Å². The second-order valence-corrected chi connectivity index (χ2v) is 6.42. The number of nitrogens with zero attached hydrogens (tertiary/aromatic N) is 2. The fourth-order valence-corrected chi connectivity index (χ4v) is 3.01. The molecule has 1 fully saturated rings. The zero-order valence-electron chi connectivity index (χ0n) is 14.1. The van der Waals surface area contributed by atoms with Gasteiger partial charge in [0, 0.05) is 61.2 Å². The van der Waals surface area contributed by atoms with E-state index < -0.39 is 0 Å². The molecule has 2 aromatic rings. The summed E-state index contributed by atoms with van der Waals surface area (Å²) in [6.45, 7) is 1.11. The van der Waals surface area contributed by atoms with E-state index in [-0.39, 0.29) is 43.5 Å². The number of rotatable bonds is 7. The molecule has 136 valence electrons. The van der Waals surface area contributed by atoms with E-state index in [1.807, 2.05) is 12.1 Å². The number of aromatic nitrogens is 1. The fraction of sp³-hybridized carbons (Fsp3) is 0.333. The summed E-state index contributed by atoms with van der Waals surface area (Å²) in [6, 6.07) is 7.36. The van der Waals surface area contributed by atoms with Gasteiger partial charge in [-0.2, -0.15) is 0 Å². The van der Waals surface area contributed by atoms with Crippen molar-refractivity contribution in [2.24, 2.45) is 0 Å². The van der Waals surface area contributed by atoms with Gasteiger partial charge < -0.3 is 10.6 Å². The Morgan fingerprint density at radius 1 is 1.15 bits per heavy atom. The molecule has 2 N–H and O–H groups in total. The molecule has 1 aliphatic rings. The molecule has 1 aliphatic heterocycles. The highest BCUT2D eigenvalue weighted by Gasteiger charge is 2.28. The Bertz CT molecular complexity index is 839. The molecule has 0 bridgehead atoms. The number of fused-ring (bicyclic) bond motifs is 1. The first-order valence-corrected chi connectivity index (χ1v) is 8.80. The highest BCUT2D eigenvalue weighted by Crippen LogP contribution is 2.24. The molecule has 3 rings (SSSR count). The lowest BCUT2D eigenvalue weighted by Crippen LogP contribution is -2.35. The lowest BCUT2D eigenvalue weighted by Gasteiger charge is -2.14. The molecule has 1 saturated heterocycles. The van der Waals surface area contributed by atoms with Gasteiger partial charge in [0.25, 0.3) is 0 Å². The minimum atomic E-state index is -0.200. The number of carbonyl (C=O) groups is 3. The van der Waals surface area contributed by atoms with E-state index in [9.17, 15) is 14.4 Å². The largest absolute Gasteiger partial charge is 0.383 e. The van der Waals surface area contributed by atoms with Gasteiger partial charge in [-0.3, -0.25) is 24.3 Å². The van der Waals surface area contributed by atoms with Crippen LogP contribution in [0.25, 0.3) is 10.9 Å².